The number of alkyl halides is 3. The largest absolute Gasteiger partial charge is 0.481 e. The predicted molar refractivity (Wildman–Crippen MR) is 120 cm³/mol. The molecule has 3 aromatic rings. The Hall–Kier alpha value is -4.04. The van der Waals surface area contributed by atoms with Crippen molar-refractivity contribution in [3.63, 3.8) is 0 Å². The summed E-state index contributed by atoms with van der Waals surface area (Å²) in [6, 6.07) is 1.50. The SMILES string of the molecule is COc1cc(-c2cc(C(=O)N3[C@@H]4CC[C@H]3CC(C(=O)N[C@H](C)c3nc(C(F)(F)F)no3)C4)n[nH]2)c(F)cn1. The fourth-order valence-corrected chi connectivity index (χ4v) is 5.08. The van der Waals surface area contributed by atoms with Crippen LogP contribution in [0.25, 0.3) is 11.3 Å². The van der Waals surface area contributed by atoms with E-state index in [4.69, 9.17) is 4.74 Å². The second kappa shape index (κ2) is 9.68. The zero-order valence-corrected chi connectivity index (χ0v) is 20.3. The van der Waals surface area contributed by atoms with E-state index < -0.39 is 29.8 Å². The number of piperidine rings is 1. The number of aromatic nitrogens is 5. The van der Waals surface area contributed by atoms with Crippen LogP contribution in [0, 0.1) is 11.7 Å². The molecule has 0 aliphatic carbocycles. The third-order valence-electron chi connectivity index (χ3n) is 6.89. The average Bonchev–Trinajstić information content (AvgIpc) is 3.62. The van der Waals surface area contributed by atoms with E-state index in [0.717, 1.165) is 6.20 Å². The molecule has 202 valence electrons. The number of hydrogen-bond donors (Lipinski definition) is 2. The molecule has 0 radical (unpaired) electrons. The van der Waals surface area contributed by atoms with Crippen molar-refractivity contribution in [2.24, 2.45) is 5.92 Å². The quantitative estimate of drug-likeness (QED) is 0.457. The van der Waals surface area contributed by atoms with Crippen LogP contribution in [0.2, 0.25) is 0 Å². The highest BCUT2D eigenvalue weighted by Crippen LogP contribution is 2.40. The Balaban J connectivity index is 1.24. The molecule has 2 aliphatic rings. The molecule has 4 atom stereocenters. The minimum Gasteiger partial charge on any atom is -0.481 e. The number of rotatable bonds is 6. The second-order valence-electron chi connectivity index (χ2n) is 9.32. The van der Waals surface area contributed by atoms with Crippen molar-refractivity contribution < 1.29 is 36.4 Å². The number of halogens is 4. The van der Waals surface area contributed by atoms with E-state index >= 15 is 0 Å². The van der Waals surface area contributed by atoms with Crippen LogP contribution >= 0.6 is 0 Å². The highest BCUT2D eigenvalue weighted by atomic mass is 19.4. The number of nitrogens with one attached hydrogen (secondary N) is 2. The summed E-state index contributed by atoms with van der Waals surface area (Å²) >= 11 is 0. The topological polar surface area (TPSA) is 139 Å². The van der Waals surface area contributed by atoms with Gasteiger partial charge in [-0.3, -0.25) is 14.7 Å². The lowest BCUT2D eigenvalue weighted by molar-refractivity contribution is -0.146. The Bertz CT molecular complexity index is 1340. The third-order valence-corrected chi connectivity index (χ3v) is 6.89. The van der Waals surface area contributed by atoms with Crippen molar-refractivity contribution in [3.05, 3.63) is 41.6 Å². The fourth-order valence-electron chi connectivity index (χ4n) is 5.08. The molecule has 11 nitrogen and oxygen atoms in total. The van der Waals surface area contributed by atoms with Gasteiger partial charge in [0.1, 0.15) is 6.04 Å². The first kappa shape index (κ1) is 25.6. The standard InChI is InChI=1S/C23H23F4N7O4/c1-10(20-30-22(33-38-20)23(25,26)27)29-19(35)11-5-12-3-4-13(6-11)34(12)21(36)17-8-16(31-32-17)14-7-18(37-2)28-9-15(14)24/h7-13H,3-6H2,1-2H3,(H,29,35)(H,31,32)/t10-,11?,12-,13+/m1/s1. The Labute approximate surface area is 212 Å². The normalized spacial score (nSPS) is 21.8. The van der Waals surface area contributed by atoms with E-state index in [1.54, 1.807) is 4.90 Å². The molecule has 2 fully saturated rings. The molecule has 5 heterocycles. The van der Waals surface area contributed by atoms with Crippen molar-refractivity contribution in [1.82, 2.24) is 35.5 Å². The zero-order chi connectivity index (χ0) is 27.2. The highest BCUT2D eigenvalue weighted by Gasteiger charge is 2.46. The molecule has 0 aromatic carbocycles. The maximum absolute atomic E-state index is 14.3. The van der Waals surface area contributed by atoms with Crippen LogP contribution in [0.15, 0.2) is 22.9 Å². The Morgan fingerprint density at radius 1 is 1.24 bits per heavy atom. The molecule has 2 saturated heterocycles. The number of nitrogens with zero attached hydrogens (tertiary/aromatic N) is 5. The molecule has 0 saturated carbocycles. The van der Waals surface area contributed by atoms with Gasteiger partial charge in [-0.2, -0.15) is 23.3 Å². The van der Waals surface area contributed by atoms with Crippen LogP contribution in [0.1, 0.15) is 60.9 Å². The van der Waals surface area contributed by atoms with Gasteiger partial charge in [-0.1, -0.05) is 5.16 Å². The minimum absolute atomic E-state index is 0.112. The molecular formula is C23H23F4N7O4. The van der Waals surface area contributed by atoms with Gasteiger partial charge in [0, 0.05) is 29.6 Å². The molecule has 38 heavy (non-hydrogen) atoms. The van der Waals surface area contributed by atoms with Crippen molar-refractivity contribution >= 4 is 11.8 Å². The maximum Gasteiger partial charge on any atom is 0.455 e. The Kier molecular flexibility index (Phi) is 6.53. The van der Waals surface area contributed by atoms with E-state index in [1.807, 2.05) is 0 Å². The third kappa shape index (κ3) is 4.79. The van der Waals surface area contributed by atoms with Crippen LogP contribution in [-0.4, -0.2) is 61.2 Å². The molecule has 2 aliphatic heterocycles. The molecule has 5 rings (SSSR count). The minimum atomic E-state index is -4.75. The van der Waals surface area contributed by atoms with Crippen LogP contribution < -0.4 is 10.1 Å². The van der Waals surface area contributed by atoms with Crippen LogP contribution in [-0.2, 0) is 11.0 Å². The number of hydrogen-bond acceptors (Lipinski definition) is 8. The Morgan fingerprint density at radius 2 is 1.95 bits per heavy atom. The summed E-state index contributed by atoms with van der Waals surface area (Å²) < 4.78 is 62.2. The lowest BCUT2D eigenvalue weighted by Crippen LogP contribution is -2.49. The lowest BCUT2D eigenvalue weighted by Gasteiger charge is -2.38. The van der Waals surface area contributed by atoms with Gasteiger partial charge in [-0.15, -0.1) is 0 Å². The number of fused-ring (bicyclic) bond motifs is 2. The summed E-state index contributed by atoms with van der Waals surface area (Å²) in [5.74, 6) is -3.31. The van der Waals surface area contributed by atoms with E-state index in [1.165, 1.54) is 26.2 Å². The summed E-state index contributed by atoms with van der Waals surface area (Å²) in [7, 11) is 1.40. The zero-order valence-electron chi connectivity index (χ0n) is 20.3. The van der Waals surface area contributed by atoms with Gasteiger partial charge in [0.15, 0.2) is 11.5 Å². The summed E-state index contributed by atoms with van der Waals surface area (Å²) in [5, 5.41) is 12.3. The number of pyridine rings is 1. The predicted octanol–water partition coefficient (Wildman–Crippen LogP) is 3.28. The van der Waals surface area contributed by atoms with Crippen LogP contribution in [0.5, 0.6) is 5.88 Å². The van der Waals surface area contributed by atoms with Crippen molar-refractivity contribution in [3.8, 4) is 17.1 Å². The highest BCUT2D eigenvalue weighted by molar-refractivity contribution is 5.94. The van der Waals surface area contributed by atoms with Gasteiger partial charge in [-0.05, 0) is 38.7 Å². The molecule has 15 heteroatoms. The van der Waals surface area contributed by atoms with Gasteiger partial charge >= 0.3 is 6.18 Å². The second-order valence-corrected chi connectivity index (χ2v) is 9.32. The van der Waals surface area contributed by atoms with Crippen molar-refractivity contribution in [2.45, 2.75) is 56.9 Å². The maximum atomic E-state index is 14.3. The fraction of sp³-hybridized carbons (Fsp3) is 0.478. The van der Waals surface area contributed by atoms with E-state index in [9.17, 15) is 27.2 Å². The first-order valence-corrected chi connectivity index (χ1v) is 11.8. The number of H-pyrrole nitrogens is 1. The number of methoxy groups -OCH3 is 1. The summed E-state index contributed by atoms with van der Waals surface area (Å²) in [4.78, 5) is 35.1. The summed E-state index contributed by atoms with van der Waals surface area (Å²) in [5.41, 5.74) is 0.553. The number of ether oxygens (including phenoxy) is 1. The number of carbonyl (C=O) groups is 2. The van der Waals surface area contributed by atoms with Crippen LogP contribution in [0.4, 0.5) is 17.6 Å². The molecule has 1 unspecified atom stereocenters. The van der Waals surface area contributed by atoms with Crippen molar-refractivity contribution in [2.75, 3.05) is 7.11 Å². The van der Waals surface area contributed by atoms with Crippen LogP contribution in [0.3, 0.4) is 0 Å². The van der Waals surface area contributed by atoms with Gasteiger partial charge in [-0.25, -0.2) is 9.37 Å². The van der Waals surface area contributed by atoms with Gasteiger partial charge in [0.05, 0.1) is 19.0 Å². The summed E-state index contributed by atoms with van der Waals surface area (Å²) in [6.45, 7) is 1.45. The molecule has 2 bridgehead atoms. The first-order chi connectivity index (χ1) is 18.0. The number of carbonyl (C=O) groups excluding carboxylic acids is 2. The molecule has 2 N–H and O–H groups in total. The molecule has 3 aromatic heterocycles. The first-order valence-electron chi connectivity index (χ1n) is 11.8. The summed E-state index contributed by atoms with van der Waals surface area (Å²) in [6.07, 6.45) is -1.58. The molecule has 2 amide bonds. The molecule has 0 spiro atoms. The van der Waals surface area contributed by atoms with E-state index in [0.29, 0.717) is 25.7 Å². The lowest BCUT2D eigenvalue weighted by atomic mass is 9.89. The smallest absolute Gasteiger partial charge is 0.455 e. The van der Waals surface area contributed by atoms with Gasteiger partial charge in [0.2, 0.25) is 17.7 Å². The van der Waals surface area contributed by atoms with E-state index in [2.05, 4.69) is 35.2 Å². The average molecular weight is 537 g/mol. The van der Waals surface area contributed by atoms with Crippen molar-refractivity contribution in [1.29, 1.82) is 0 Å². The van der Waals surface area contributed by atoms with Gasteiger partial charge in [0.25, 0.3) is 11.7 Å². The van der Waals surface area contributed by atoms with Gasteiger partial charge < -0.3 is 19.5 Å². The number of amides is 2. The monoisotopic (exact) mass is 537 g/mol. The van der Waals surface area contributed by atoms with E-state index in [-0.39, 0.29) is 52.6 Å². The molecular weight excluding hydrogens is 514 g/mol. The number of aromatic amines is 1. The Morgan fingerprint density at radius 3 is 2.58 bits per heavy atom.